The molecule has 0 bridgehead atoms. The Balaban J connectivity index is 2.57. The van der Waals surface area contributed by atoms with Crippen LogP contribution in [0.15, 0.2) is 12.1 Å². The van der Waals surface area contributed by atoms with E-state index in [1.54, 1.807) is 0 Å². The van der Waals surface area contributed by atoms with Crippen LogP contribution in [-0.4, -0.2) is 23.4 Å². The number of rotatable bonds is 7. The molecule has 0 saturated heterocycles. The monoisotopic (exact) mass is 358 g/mol. The van der Waals surface area contributed by atoms with E-state index in [2.05, 4.69) is 16.0 Å². The van der Waals surface area contributed by atoms with Crippen LogP contribution in [-0.2, 0) is 14.3 Å². The van der Waals surface area contributed by atoms with Gasteiger partial charge in [-0.1, -0.05) is 29.1 Å². The number of ether oxygens (including phenoxy) is 1. The van der Waals surface area contributed by atoms with Crippen LogP contribution in [0.25, 0.3) is 0 Å². The first-order chi connectivity index (χ1) is 10.8. The topological polar surface area (TPSA) is 98.5 Å². The van der Waals surface area contributed by atoms with E-state index >= 15 is 0 Å². The first-order valence-electron chi connectivity index (χ1n) is 6.37. The number of benzene rings is 1. The van der Waals surface area contributed by atoms with Gasteiger partial charge in [0.25, 0.3) is 5.69 Å². The van der Waals surface area contributed by atoms with Crippen molar-refractivity contribution in [3.63, 3.8) is 0 Å². The van der Waals surface area contributed by atoms with Gasteiger partial charge in [-0.15, -0.1) is 6.42 Å². The highest BCUT2D eigenvalue weighted by atomic mass is 35.5. The van der Waals surface area contributed by atoms with Crippen molar-refractivity contribution in [2.75, 3.05) is 11.9 Å². The molecule has 0 spiro atoms. The number of hydrogen-bond acceptors (Lipinski definition) is 5. The van der Waals surface area contributed by atoms with Crippen molar-refractivity contribution in [1.29, 1.82) is 0 Å². The summed E-state index contributed by atoms with van der Waals surface area (Å²) in [4.78, 5) is 33.0. The van der Waals surface area contributed by atoms with Crippen LogP contribution >= 0.6 is 23.2 Å². The second kappa shape index (κ2) is 8.98. The summed E-state index contributed by atoms with van der Waals surface area (Å²) < 4.78 is 4.65. The van der Waals surface area contributed by atoms with Crippen molar-refractivity contribution in [3.8, 4) is 12.3 Å². The SMILES string of the molecule is C#CCOC(=O)CCCC(=O)Nc1c(Cl)cc([N+](=O)[O-])cc1Cl. The van der Waals surface area contributed by atoms with Crippen LogP contribution < -0.4 is 5.32 Å². The third-order valence-electron chi connectivity index (χ3n) is 2.60. The number of nitro groups is 1. The standard InChI is InChI=1S/C14H12Cl2N2O5/c1-2-6-23-13(20)5-3-4-12(19)17-14-10(15)7-9(18(21)22)8-11(14)16/h1,7-8H,3-6H2,(H,17,19). The van der Waals surface area contributed by atoms with E-state index in [1.807, 2.05) is 0 Å². The highest BCUT2D eigenvalue weighted by molar-refractivity contribution is 6.40. The molecule has 122 valence electrons. The number of carbonyl (C=O) groups is 2. The third kappa shape index (κ3) is 6.14. The Hall–Kier alpha value is -2.30. The van der Waals surface area contributed by atoms with Gasteiger partial charge >= 0.3 is 5.97 Å². The molecule has 0 saturated carbocycles. The minimum atomic E-state index is -0.648. The number of esters is 1. The number of non-ortho nitro benzene ring substituents is 1. The second-order valence-electron chi connectivity index (χ2n) is 4.31. The van der Waals surface area contributed by atoms with Gasteiger partial charge in [-0.05, 0) is 6.42 Å². The molecule has 9 heteroatoms. The molecule has 23 heavy (non-hydrogen) atoms. The number of halogens is 2. The highest BCUT2D eigenvalue weighted by Crippen LogP contribution is 2.34. The van der Waals surface area contributed by atoms with E-state index < -0.39 is 16.8 Å². The fourth-order valence-electron chi connectivity index (χ4n) is 1.57. The summed E-state index contributed by atoms with van der Waals surface area (Å²) >= 11 is 11.7. The predicted molar refractivity (Wildman–Crippen MR) is 85.4 cm³/mol. The lowest BCUT2D eigenvalue weighted by atomic mass is 10.2. The lowest BCUT2D eigenvalue weighted by Crippen LogP contribution is -2.13. The summed E-state index contributed by atoms with van der Waals surface area (Å²) in [5, 5.41) is 13.0. The van der Waals surface area contributed by atoms with E-state index in [9.17, 15) is 19.7 Å². The van der Waals surface area contributed by atoms with E-state index in [0.717, 1.165) is 12.1 Å². The smallest absolute Gasteiger partial charge is 0.306 e. The Morgan fingerprint density at radius 3 is 2.43 bits per heavy atom. The van der Waals surface area contributed by atoms with E-state index in [-0.39, 0.29) is 47.3 Å². The molecular weight excluding hydrogens is 347 g/mol. The molecule has 0 aliphatic rings. The first-order valence-corrected chi connectivity index (χ1v) is 7.13. The maximum absolute atomic E-state index is 11.8. The molecule has 1 N–H and O–H groups in total. The molecular formula is C14H12Cl2N2O5. The van der Waals surface area contributed by atoms with Crippen LogP contribution in [0, 0.1) is 22.5 Å². The minimum Gasteiger partial charge on any atom is -0.452 e. The van der Waals surface area contributed by atoms with Crippen LogP contribution in [0.3, 0.4) is 0 Å². The number of carbonyl (C=O) groups excluding carboxylic acids is 2. The van der Waals surface area contributed by atoms with Crippen LogP contribution in [0.1, 0.15) is 19.3 Å². The van der Waals surface area contributed by atoms with Crippen molar-refractivity contribution in [3.05, 3.63) is 32.3 Å². The molecule has 0 radical (unpaired) electrons. The lowest BCUT2D eigenvalue weighted by molar-refractivity contribution is -0.384. The Labute approximate surface area is 142 Å². The first kappa shape index (κ1) is 18.7. The Kier molecular flexibility index (Phi) is 7.32. The molecule has 1 rings (SSSR count). The van der Waals surface area contributed by atoms with E-state index in [1.165, 1.54) is 0 Å². The predicted octanol–water partition coefficient (Wildman–Crippen LogP) is 3.19. The molecule has 0 fully saturated rings. The van der Waals surface area contributed by atoms with Gasteiger partial charge < -0.3 is 10.1 Å². The number of nitro benzene ring substituents is 1. The molecule has 1 aromatic rings. The summed E-state index contributed by atoms with van der Waals surface area (Å²) in [6.07, 6.45) is 5.25. The zero-order valence-corrected chi connectivity index (χ0v) is 13.3. The summed E-state index contributed by atoms with van der Waals surface area (Å²) in [7, 11) is 0. The molecule has 0 aliphatic heterocycles. The Morgan fingerprint density at radius 1 is 1.30 bits per heavy atom. The summed E-state index contributed by atoms with van der Waals surface area (Å²) in [5.74, 6) is 1.22. The number of anilines is 1. The zero-order chi connectivity index (χ0) is 17.4. The average molecular weight is 359 g/mol. The normalized spacial score (nSPS) is 9.78. The molecule has 0 atom stereocenters. The van der Waals surface area contributed by atoms with Crippen molar-refractivity contribution < 1.29 is 19.2 Å². The van der Waals surface area contributed by atoms with Crippen molar-refractivity contribution in [2.24, 2.45) is 0 Å². The van der Waals surface area contributed by atoms with Gasteiger partial charge in [0.1, 0.15) is 0 Å². The quantitative estimate of drug-likeness (QED) is 0.349. The number of hydrogen-bond donors (Lipinski definition) is 1. The fourth-order valence-corrected chi connectivity index (χ4v) is 2.14. The maximum Gasteiger partial charge on any atom is 0.306 e. The Morgan fingerprint density at radius 2 is 1.91 bits per heavy atom. The van der Waals surface area contributed by atoms with Crippen molar-refractivity contribution >= 4 is 46.5 Å². The lowest BCUT2D eigenvalue weighted by Gasteiger charge is -2.09. The molecule has 7 nitrogen and oxygen atoms in total. The van der Waals surface area contributed by atoms with Crippen LogP contribution in [0.5, 0.6) is 0 Å². The number of amides is 1. The van der Waals surface area contributed by atoms with Gasteiger partial charge in [0.15, 0.2) is 6.61 Å². The van der Waals surface area contributed by atoms with Gasteiger partial charge in [0.2, 0.25) is 5.91 Å². The maximum atomic E-state index is 11.8. The Bertz CT molecular complexity index is 647. The van der Waals surface area contributed by atoms with Gasteiger partial charge in [0.05, 0.1) is 20.7 Å². The minimum absolute atomic E-state index is 0.0226. The molecule has 0 aromatic heterocycles. The van der Waals surface area contributed by atoms with Gasteiger partial charge in [-0.3, -0.25) is 19.7 Å². The molecule has 1 amide bonds. The summed E-state index contributed by atoms with van der Waals surface area (Å²) in [6.45, 7) is -0.112. The zero-order valence-electron chi connectivity index (χ0n) is 11.8. The van der Waals surface area contributed by atoms with E-state index in [4.69, 9.17) is 29.6 Å². The summed E-state index contributed by atoms with van der Waals surface area (Å²) in [6, 6.07) is 2.17. The number of nitrogens with one attached hydrogen (secondary N) is 1. The second-order valence-corrected chi connectivity index (χ2v) is 5.12. The molecule has 0 aliphatic carbocycles. The van der Waals surface area contributed by atoms with Gasteiger partial charge in [0, 0.05) is 25.0 Å². The highest BCUT2D eigenvalue weighted by Gasteiger charge is 2.16. The number of terminal acetylenes is 1. The van der Waals surface area contributed by atoms with Gasteiger partial charge in [-0.2, -0.15) is 0 Å². The van der Waals surface area contributed by atoms with E-state index in [0.29, 0.717) is 0 Å². The average Bonchev–Trinajstić information content (AvgIpc) is 2.48. The summed E-state index contributed by atoms with van der Waals surface area (Å²) in [5.41, 5.74) is -0.201. The number of nitrogens with zero attached hydrogens (tertiary/aromatic N) is 1. The third-order valence-corrected chi connectivity index (χ3v) is 3.20. The van der Waals surface area contributed by atoms with Crippen LogP contribution in [0.2, 0.25) is 10.0 Å². The van der Waals surface area contributed by atoms with Gasteiger partial charge in [-0.25, -0.2) is 0 Å². The molecule has 0 heterocycles. The molecule has 1 aromatic carbocycles. The van der Waals surface area contributed by atoms with Crippen molar-refractivity contribution in [2.45, 2.75) is 19.3 Å². The van der Waals surface area contributed by atoms with Crippen LogP contribution in [0.4, 0.5) is 11.4 Å². The largest absolute Gasteiger partial charge is 0.452 e. The van der Waals surface area contributed by atoms with Crippen molar-refractivity contribution in [1.82, 2.24) is 0 Å². The fraction of sp³-hybridized carbons (Fsp3) is 0.286. The molecule has 0 unspecified atom stereocenters.